The minimum absolute atomic E-state index is 0.00885. The van der Waals surface area contributed by atoms with Crippen LogP contribution in [0.3, 0.4) is 0 Å². The Morgan fingerprint density at radius 3 is 1.41 bits per heavy atom. The first-order valence-electron chi connectivity index (χ1n) is 36.1. The van der Waals surface area contributed by atoms with Crippen LogP contribution in [0.1, 0.15) is 162 Å². The van der Waals surface area contributed by atoms with Crippen LogP contribution in [0, 0.1) is 34.9 Å². The van der Waals surface area contributed by atoms with Gasteiger partial charge >= 0.3 is 12.1 Å². The van der Waals surface area contributed by atoms with E-state index >= 15 is 0 Å². The van der Waals surface area contributed by atoms with Crippen molar-refractivity contribution in [1.29, 1.82) is 0 Å². The number of methoxy groups -OCH3 is 1. The Labute approximate surface area is 655 Å². The van der Waals surface area contributed by atoms with E-state index in [-0.39, 0.29) is 91.4 Å². The molecule has 5 aromatic carbocycles. The number of esters is 1. The summed E-state index contributed by atoms with van der Waals surface area (Å²) in [6.45, 7) is 6.96. The van der Waals surface area contributed by atoms with E-state index in [9.17, 15) is 103 Å². The molecule has 3 saturated heterocycles. The van der Waals surface area contributed by atoms with Gasteiger partial charge in [0.05, 0.1) is 36.0 Å². The summed E-state index contributed by atoms with van der Waals surface area (Å²) in [5.74, 6) is -11.5. The first kappa shape index (κ1) is 88.0. The highest BCUT2D eigenvalue weighted by molar-refractivity contribution is 6.01. The number of fused-ring (bicyclic) bond motifs is 8. The van der Waals surface area contributed by atoms with Crippen LogP contribution in [0.5, 0.6) is 17.2 Å². The Morgan fingerprint density at radius 1 is 0.578 bits per heavy atom. The lowest BCUT2D eigenvalue weighted by molar-refractivity contribution is -0.156. The van der Waals surface area contributed by atoms with Gasteiger partial charge in [-0.1, -0.05) is 78.9 Å². The molecule has 5 aliphatic rings. The number of aromatic hydroxyl groups is 1. The number of nitrogens with two attached hydrogens (primary N) is 1. The molecule has 0 spiro atoms. The van der Waals surface area contributed by atoms with Crippen molar-refractivity contribution in [3.05, 3.63) is 261 Å². The number of aromatic nitrogens is 2. The number of aliphatic hydroxyl groups is 3. The first-order chi connectivity index (χ1) is 54.8. The number of nitrogens with zero attached hydrogens (tertiary/aromatic N) is 4. The largest absolute Gasteiger partial charge is 0.503 e. The predicted molar refractivity (Wildman–Crippen MR) is 396 cm³/mol. The molecule has 618 valence electrons. The van der Waals surface area contributed by atoms with Crippen molar-refractivity contribution >= 4 is 41.8 Å². The molecule has 10 N–H and O–H groups in total. The molecule has 8 heterocycles. The molecule has 5 amide bonds. The molecular weight excluding hydrogens is 1550 g/mol. The summed E-state index contributed by atoms with van der Waals surface area (Å²) in [6.07, 6.45) is 1.25. The molecule has 13 rings (SSSR count). The van der Waals surface area contributed by atoms with Gasteiger partial charge in [-0.15, -0.1) is 0 Å². The average Bonchev–Trinajstić information content (AvgIpc) is 1.25. The number of rotatable bonds is 16. The van der Waals surface area contributed by atoms with Crippen LogP contribution in [0.15, 0.2) is 153 Å². The van der Waals surface area contributed by atoms with Gasteiger partial charge in [-0.05, 0) is 95.2 Å². The fraction of sp³-hybridized carbons (Fsp3) is 0.350. The minimum atomic E-state index is -4.64. The zero-order chi connectivity index (χ0) is 84.7. The standard InChI is InChI=1S/C28H27F2N3O5.C22H17F2NO6.C21H21F2N3O5.C7H16N2O.C2HF3O/c1-28(37)10-5-11-32-15-22(28)33-14-20(26(35)31-13-18-8-9-19(29)12-21(18)30)24(34)25(23(33)27(32)36)38-16-17-6-3-2-4-7-17;1-29-22(28)20-19(30-11-13-5-3-2-4-6-13)18(26)16(12-31-20)21(27)25-10-14-7-8-15(23)9-17(14)24;1-21(31)5-2-6-25-10-15(21)26-9-13(17(27)18(28)16(26)20(25)30)19(29)24-8-11-3-4-12(22)7-14(11)23;1-7(10)3-2-4-9-5-6(7)8;3-2(4,5)1-6/h2-4,6-9,12,14,22,37H,5,10-11,13,15-16H2,1H3,(H,31,35);2-9,12H,10-11H2,1H3,(H,25,27);3-4,7,9,15,28,31H,2,5-6,8,10H2,1H3,(H,24,29);6,9-10H,2-5,8H2,1H3;1H. The van der Waals surface area contributed by atoms with Crippen molar-refractivity contribution < 1.29 is 112 Å². The normalized spacial score (nSPS) is 19.8. The van der Waals surface area contributed by atoms with Crippen molar-refractivity contribution in [2.24, 2.45) is 5.73 Å². The second kappa shape index (κ2) is 38.0. The highest BCUT2D eigenvalue weighted by atomic mass is 19.4. The topological polar surface area (TPSA) is 383 Å². The molecule has 3 fully saturated rings. The zero-order valence-electron chi connectivity index (χ0n) is 62.8. The number of halogens is 9. The highest BCUT2D eigenvalue weighted by Gasteiger charge is 2.47. The second-order valence-electron chi connectivity index (χ2n) is 28.3. The number of ether oxygens (including phenoxy) is 3. The number of aldehydes is 1. The van der Waals surface area contributed by atoms with E-state index < -0.39 is 156 Å². The lowest BCUT2D eigenvalue weighted by atomic mass is 9.90. The van der Waals surface area contributed by atoms with Crippen LogP contribution in [-0.2, 0) is 42.4 Å². The van der Waals surface area contributed by atoms with Gasteiger partial charge < -0.3 is 85.0 Å². The smallest absolute Gasteiger partial charge is 0.446 e. The summed E-state index contributed by atoms with van der Waals surface area (Å²) in [5.41, 5.74) is -0.171. The Morgan fingerprint density at radius 2 is 0.974 bits per heavy atom. The Bertz CT molecular complexity index is 5140. The Kier molecular flexibility index (Phi) is 28.8. The lowest BCUT2D eigenvalue weighted by Crippen LogP contribution is -2.50. The van der Waals surface area contributed by atoms with Gasteiger partial charge in [0.2, 0.25) is 28.3 Å². The number of amides is 5. The fourth-order valence-corrected chi connectivity index (χ4v) is 13.1. The molecule has 5 aliphatic heterocycles. The third-order valence-electron chi connectivity index (χ3n) is 19.7. The molecule has 0 radical (unpaired) electrons. The lowest BCUT2D eigenvalue weighted by Gasteiger charge is -2.40. The van der Waals surface area contributed by atoms with Crippen molar-refractivity contribution in [3.8, 4) is 17.2 Å². The molecule has 6 atom stereocenters. The molecule has 27 nitrogen and oxygen atoms in total. The van der Waals surface area contributed by atoms with Crippen LogP contribution in [0.4, 0.5) is 39.5 Å². The maximum Gasteiger partial charge on any atom is 0.446 e. The van der Waals surface area contributed by atoms with E-state index in [0.29, 0.717) is 62.5 Å². The molecule has 4 bridgehead atoms. The molecule has 0 aliphatic carbocycles. The predicted octanol–water partition coefficient (Wildman–Crippen LogP) is 7.89. The van der Waals surface area contributed by atoms with E-state index in [1.54, 1.807) is 61.2 Å². The number of hydrogen-bond donors (Lipinski definition) is 9. The average molecular weight is 1630 g/mol. The van der Waals surface area contributed by atoms with E-state index in [4.69, 9.17) is 24.4 Å². The van der Waals surface area contributed by atoms with Crippen LogP contribution >= 0.6 is 0 Å². The zero-order valence-corrected chi connectivity index (χ0v) is 62.8. The molecular formula is C80H82F9N9O18. The van der Waals surface area contributed by atoms with Crippen LogP contribution in [-0.4, -0.2) is 157 Å². The number of carbonyl (C=O) groups excluding carboxylic acids is 7. The summed E-state index contributed by atoms with van der Waals surface area (Å²) < 4.78 is 136. The summed E-state index contributed by atoms with van der Waals surface area (Å²) in [5, 5.41) is 52.7. The monoisotopic (exact) mass is 1630 g/mol. The number of benzene rings is 5. The quantitative estimate of drug-likeness (QED) is 0.0252. The summed E-state index contributed by atoms with van der Waals surface area (Å²) in [7, 11) is 1.10. The van der Waals surface area contributed by atoms with Gasteiger partial charge in [0.25, 0.3) is 35.3 Å². The molecule has 36 heteroatoms. The third-order valence-corrected chi connectivity index (χ3v) is 19.7. The van der Waals surface area contributed by atoms with E-state index in [2.05, 4.69) is 26.0 Å². The third kappa shape index (κ3) is 21.7. The number of pyridine rings is 2. The second-order valence-corrected chi connectivity index (χ2v) is 28.3. The highest BCUT2D eigenvalue weighted by Crippen LogP contribution is 2.40. The van der Waals surface area contributed by atoms with E-state index in [1.165, 1.54) is 32.4 Å². The molecule has 0 saturated carbocycles. The number of alkyl halides is 3. The molecule has 8 aromatic rings. The van der Waals surface area contributed by atoms with Crippen molar-refractivity contribution in [2.75, 3.05) is 46.4 Å². The number of nitrogens with one attached hydrogen (secondary N) is 4. The minimum Gasteiger partial charge on any atom is -0.503 e. The number of hydrogen-bond acceptors (Lipinski definition) is 20. The Hall–Kier alpha value is -12.0. The van der Waals surface area contributed by atoms with Gasteiger partial charge in [-0.2, -0.15) is 13.2 Å². The molecule has 3 aromatic heterocycles. The first-order valence-corrected chi connectivity index (χ1v) is 36.1. The van der Waals surface area contributed by atoms with Crippen LogP contribution < -0.4 is 52.8 Å². The number of carbonyl (C=O) groups is 7. The molecule has 6 unspecified atom stereocenters. The van der Waals surface area contributed by atoms with Crippen LogP contribution in [0.2, 0.25) is 0 Å². The van der Waals surface area contributed by atoms with Gasteiger partial charge in [-0.25, -0.2) is 31.1 Å². The van der Waals surface area contributed by atoms with Gasteiger partial charge in [-0.3, -0.25) is 43.2 Å². The fourth-order valence-electron chi connectivity index (χ4n) is 13.1. The maximum absolute atomic E-state index is 14.1. The van der Waals surface area contributed by atoms with Crippen molar-refractivity contribution in [3.63, 3.8) is 0 Å². The van der Waals surface area contributed by atoms with Gasteiger partial charge in [0.1, 0.15) is 71.1 Å². The van der Waals surface area contributed by atoms with Gasteiger partial charge in [0, 0.05) is 106 Å². The van der Waals surface area contributed by atoms with Crippen LogP contribution in [0.25, 0.3) is 0 Å². The van der Waals surface area contributed by atoms with Gasteiger partial charge in [0.15, 0.2) is 22.9 Å². The van der Waals surface area contributed by atoms with E-state index in [0.717, 1.165) is 75.3 Å². The van der Waals surface area contributed by atoms with Crippen molar-refractivity contribution in [2.45, 2.75) is 133 Å². The maximum atomic E-state index is 14.1. The van der Waals surface area contributed by atoms with Crippen molar-refractivity contribution in [1.82, 2.24) is 40.2 Å². The van der Waals surface area contributed by atoms with E-state index in [1.807, 2.05) is 25.1 Å². The summed E-state index contributed by atoms with van der Waals surface area (Å²) in [6, 6.07) is 25.2. The summed E-state index contributed by atoms with van der Waals surface area (Å²) in [4.78, 5) is 127. The Balaban J connectivity index is 0.000000182. The summed E-state index contributed by atoms with van der Waals surface area (Å²) >= 11 is 0. The molecule has 116 heavy (non-hydrogen) atoms. The SMILES string of the molecule is CC1(O)CCCN2CC1n1cc(C(=O)NCc3ccc(F)cc3F)c(=O)c(O)c1C2=O.CC1(O)CCCN2CC1n1cc(C(=O)NCc3ccc(F)cc3F)c(=O)c(OCc3ccccc3)c1C2=O.CC1(O)CCCNCC1N.COC(=O)c1occ(C(=O)NCc2ccc(F)cc2F)c(=O)c1OCc1ccccc1.O=CC(F)(F)F.